The average Bonchev–Trinajstić information content (AvgIpc) is 2.78. The van der Waals surface area contributed by atoms with Crippen molar-refractivity contribution in [2.45, 2.75) is 56.2 Å². The fourth-order valence-electron chi connectivity index (χ4n) is 3.37. The van der Waals surface area contributed by atoms with Gasteiger partial charge in [-0.1, -0.05) is 36.6 Å². The first-order valence-corrected chi connectivity index (χ1v) is 10.9. The third kappa shape index (κ3) is 7.09. The second-order valence-corrected chi connectivity index (χ2v) is 8.72. The van der Waals surface area contributed by atoms with Crippen LogP contribution in [0.15, 0.2) is 24.3 Å². The van der Waals surface area contributed by atoms with Crippen molar-refractivity contribution in [2.24, 2.45) is 5.73 Å². The lowest BCUT2D eigenvalue weighted by atomic mass is 9.88. The topological polar surface area (TPSA) is 187 Å². The van der Waals surface area contributed by atoms with Crippen LogP contribution < -0.4 is 16.4 Å². The molecule has 0 radical (unpaired) electrons. The Bertz CT molecular complexity index is 843. The molecule has 0 unspecified atom stereocenters. The van der Waals surface area contributed by atoms with Crippen molar-refractivity contribution >= 4 is 46.1 Å². The first kappa shape index (κ1) is 27.4. The van der Waals surface area contributed by atoms with E-state index in [9.17, 15) is 30.3 Å². The lowest BCUT2D eigenvalue weighted by Crippen LogP contribution is -2.67. The van der Waals surface area contributed by atoms with Crippen LogP contribution in [-0.2, 0) is 20.9 Å². The highest BCUT2D eigenvalue weighted by Crippen LogP contribution is 2.34. The van der Waals surface area contributed by atoms with E-state index in [-0.39, 0.29) is 18.1 Å². The summed E-state index contributed by atoms with van der Waals surface area (Å²) in [5, 5.41) is 55.8. The third-order valence-corrected chi connectivity index (χ3v) is 5.47. The van der Waals surface area contributed by atoms with E-state index in [0.29, 0.717) is 16.2 Å². The SMILES string of the molecule is CC(=S)N[C@H]1[C@H]([C@H](O)[C@H](O)CO)O[C@](OCc2ccc(NC(=S)CN)cc2)(C(=O)O)C[C@@H]1O. The molecule has 1 aliphatic rings. The molecule has 1 saturated heterocycles. The van der Waals surface area contributed by atoms with Crippen LogP contribution in [-0.4, -0.2) is 90.9 Å². The number of carboxylic acids is 1. The van der Waals surface area contributed by atoms with Crippen molar-refractivity contribution < 1.29 is 39.8 Å². The second kappa shape index (κ2) is 12.1. The predicted octanol–water partition coefficient (Wildman–Crippen LogP) is -1.15. The molecule has 11 nitrogen and oxygen atoms in total. The third-order valence-electron chi connectivity index (χ3n) is 5.08. The van der Waals surface area contributed by atoms with E-state index in [1.54, 1.807) is 24.3 Å². The van der Waals surface area contributed by atoms with Crippen molar-refractivity contribution in [3.63, 3.8) is 0 Å². The quantitative estimate of drug-likeness (QED) is 0.179. The highest BCUT2D eigenvalue weighted by Gasteiger charge is 2.55. The van der Waals surface area contributed by atoms with Gasteiger partial charge in [-0.25, -0.2) is 4.79 Å². The lowest BCUT2D eigenvalue weighted by Gasteiger charge is -2.46. The molecule has 1 aliphatic heterocycles. The van der Waals surface area contributed by atoms with Gasteiger partial charge in [0, 0.05) is 18.7 Å². The largest absolute Gasteiger partial charge is 0.477 e. The molecule has 1 aromatic carbocycles. The molecule has 184 valence electrons. The minimum atomic E-state index is -2.33. The van der Waals surface area contributed by atoms with Gasteiger partial charge < -0.3 is 51.4 Å². The fraction of sp³-hybridized carbons (Fsp3) is 0.550. The van der Waals surface area contributed by atoms with Crippen LogP contribution in [0.25, 0.3) is 0 Å². The Morgan fingerprint density at radius 2 is 1.97 bits per heavy atom. The Hall–Kier alpha value is -1.81. The molecule has 1 heterocycles. The highest BCUT2D eigenvalue weighted by molar-refractivity contribution is 7.80. The zero-order chi connectivity index (χ0) is 24.8. The summed E-state index contributed by atoms with van der Waals surface area (Å²) in [5.74, 6) is -3.85. The number of carboxylic acid groups (broad SMARTS) is 1. The van der Waals surface area contributed by atoms with Gasteiger partial charge in [0.2, 0.25) is 0 Å². The summed E-state index contributed by atoms with van der Waals surface area (Å²) in [4.78, 5) is 12.9. The maximum Gasteiger partial charge on any atom is 0.364 e. The summed E-state index contributed by atoms with van der Waals surface area (Å²) in [6.07, 6.45) is -6.71. The van der Waals surface area contributed by atoms with Gasteiger partial charge in [-0.05, 0) is 24.6 Å². The molecule has 0 spiro atoms. The second-order valence-electron chi connectivity index (χ2n) is 7.62. The number of benzene rings is 1. The highest BCUT2D eigenvalue weighted by atomic mass is 32.1. The first-order valence-electron chi connectivity index (χ1n) is 10.1. The van der Waals surface area contributed by atoms with Crippen molar-refractivity contribution in [2.75, 3.05) is 18.5 Å². The molecule has 6 atom stereocenters. The number of aliphatic hydroxyl groups is 4. The van der Waals surface area contributed by atoms with Gasteiger partial charge in [0.1, 0.15) is 18.3 Å². The van der Waals surface area contributed by atoms with Crippen molar-refractivity contribution in [1.82, 2.24) is 5.32 Å². The monoisotopic (exact) mass is 503 g/mol. The zero-order valence-electron chi connectivity index (χ0n) is 17.9. The van der Waals surface area contributed by atoms with Crippen molar-refractivity contribution in [1.29, 1.82) is 0 Å². The number of aliphatic hydroxyl groups excluding tert-OH is 4. The normalized spacial score (nSPS) is 26.8. The van der Waals surface area contributed by atoms with Crippen LogP contribution in [0.5, 0.6) is 0 Å². The van der Waals surface area contributed by atoms with Crippen molar-refractivity contribution in [3.8, 4) is 0 Å². The average molecular weight is 504 g/mol. The number of aliphatic carboxylic acids is 1. The molecule has 0 aromatic heterocycles. The summed E-state index contributed by atoms with van der Waals surface area (Å²) in [6.45, 7) is 0.714. The molecule has 2 rings (SSSR count). The number of ether oxygens (including phenoxy) is 2. The number of hydrogen-bond donors (Lipinski definition) is 8. The van der Waals surface area contributed by atoms with E-state index in [2.05, 4.69) is 10.6 Å². The van der Waals surface area contributed by atoms with Crippen LogP contribution in [0.3, 0.4) is 0 Å². The van der Waals surface area contributed by atoms with E-state index >= 15 is 0 Å². The maximum absolute atomic E-state index is 12.2. The summed E-state index contributed by atoms with van der Waals surface area (Å²) in [6, 6.07) is 5.72. The summed E-state index contributed by atoms with van der Waals surface area (Å²) in [5.41, 5.74) is 6.75. The summed E-state index contributed by atoms with van der Waals surface area (Å²) >= 11 is 10.0. The van der Waals surface area contributed by atoms with Crippen LogP contribution >= 0.6 is 24.4 Å². The molecule has 13 heteroatoms. The smallest absolute Gasteiger partial charge is 0.364 e. The standard InChI is InChI=1S/C20H29N3O8S2/c1-10(32)22-16-13(25)6-20(19(28)29,31-18(16)17(27)14(26)8-24)30-9-11-2-4-12(5-3-11)23-15(33)7-21/h2-5,13-14,16-18,24-27H,6-9,21H2,1H3,(H,22,32)(H,23,33)(H,28,29)/t13-,14+,16+,17+,18+,20-/m0/s1. The van der Waals surface area contributed by atoms with Gasteiger partial charge in [0.15, 0.2) is 0 Å². The minimum absolute atomic E-state index is 0.192. The zero-order valence-corrected chi connectivity index (χ0v) is 19.5. The van der Waals surface area contributed by atoms with Gasteiger partial charge in [0.25, 0.3) is 5.79 Å². The van der Waals surface area contributed by atoms with Gasteiger partial charge >= 0.3 is 5.97 Å². The Kier molecular flexibility index (Phi) is 10.0. The summed E-state index contributed by atoms with van der Waals surface area (Å²) < 4.78 is 11.3. The molecule has 0 amide bonds. The molecule has 0 aliphatic carbocycles. The molecular formula is C20H29N3O8S2. The van der Waals surface area contributed by atoms with Crippen LogP contribution in [0.2, 0.25) is 0 Å². The Balaban J connectivity index is 2.23. The van der Waals surface area contributed by atoms with Crippen LogP contribution in [0.1, 0.15) is 18.9 Å². The number of nitrogens with two attached hydrogens (primary N) is 1. The van der Waals surface area contributed by atoms with E-state index in [1.807, 2.05) is 0 Å². The first-order chi connectivity index (χ1) is 15.5. The molecule has 9 N–H and O–H groups in total. The van der Waals surface area contributed by atoms with Crippen molar-refractivity contribution in [3.05, 3.63) is 29.8 Å². The number of thiocarbonyl (C=S) groups is 2. The molecule has 1 fully saturated rings. The van der Waals surface area contributed by atoms with E-state index < -0.39 is 55.2 Å². The fourth-order valence-corrected chi connectivity index (χ4v) is 3.63. The number of nitrogens with one attached hydrogen (secondary N) is 2. The molecule has 0 saturated carbocycles. The molecule has 1 aromatic rings. The predicted molar refractivity (Wildman–Crippen MR) is 127 cm³/mol. The van der Waals surface area contributed by atoms with E-state index in [0.717, 1.165) is 0 Å². The Labute approximate surface area is 201 Å². The maximum atomic E-state index is 12.2. The number of carbonyl (C=O) groups is 1. The van der Waals surface area contributed by atoms with E-state index in [4.69, 9.17) is 39.6 Å². The number of rotatable bonds is 10. The van der Waals surface area contributed by atoms with Gasteiger partial charge in [0.05, 0.1) is 35.3 Å². The summed E-state index contributed by atoms with van der Waals surface area (Å²) in [7, 11) is 0. The van der Waals surface area contributed by atoms with Gasteiger partial charge in [-0.2, -0.15) is 0 Å². The van der Waals surface area contributed by atoms with Gasteiger partial charge in [-0.15, -0.1) is 0 Å². The number of anilines is 1. The Morgan fingerprint density at radius 1 is 1.33 bits per heavy atom. The van der Waals surface area contributed by atoms with Gasteiger partial charge in [-0.3, -0.25) is 0 Å². The molecule has 33 heavy (non-hydrogen) atoms. The van der Waals surface area contributed by atoms with Crippen LogP contribution in [0.4, 0.5) is 5.69 Å². The number of hydrogen-bond acceptors (Lipinski definition) is 10. The van der Waals surface area contributed by atoms with E-state index in [1.165, 1.54) is 6.92 Å². The molecular weight excluding hydrogens is 474 g/mol. The minimum Gasteiger partial charge on any atom is -0.477 e. The Morgan fingerprint density at radius 3 is 2.48 bits per heavy atom. The molecule has 0 bridgehead atoms. The van der Waals surface area contributed by atoms with Crippen LogP contribution in [0, 0.1) is 0 Å². The lowest BCUT2D eigenvalue weighted by molar-refractivity contribution is -0.314.